The van der Waals surface area contributed by atoms with E-state index in [1.807, 2.05) is 0 Å². The van der Waals surface area contributed by atoms with Gasteiger partial charge in [-0.2, -0.15) is 0 Å². The van der Waals surface area contributed by atoms with Gasteiger partial charge in [0.1, 0.15) is 0 Å². The number of fused-ring (bicyclic) bond motifs is 1. The number of aromatic amines is 1. The number of hydrogen-bond acceptors (Lipinski definition) is 2. The van der Waals surface area contributed by atoms with E-state index in [4.69, 9.17) is 5.11 Å². The zero-order valence-corrected chi connectivity index (χ0v) is 7.44. The van der Waals surface area contributed by atoms with E-state index >= 15 is 0 Å². The number of aryl methyl sites for hydroxylation is 1. The van der Waals surface area contributed by atoms with Crippen LogP contribution < -0.4 is 5.56 Å². The van der Waals surface area contributed by atoms with Crippen molar-refractivity contribution >= 4 is 16.9 Å². The summed E-state index contributed by atoms with van der Waals surface area (Å²) in [7, 11) is 1.66. The monoisotopic (exact) mass is 192 g/mol. The lowest BCUT2D eigenvalue weighted by Crippen LogP contribution is -2.01. The molecule has 1 heterocycles. The highest BCUT2D eigenvalue weighted by molar-refractivity contribution is 5.93. The topological polar surface area (TPSA) is 75.1 Å². The van der Waals surface area contributed by atoms with Crippen LogP contribution in [0, 0.1) is 0 Å². The smallest absolute Gasteiger partial charge is 0.335 e. The van der Waals surface area contributed by atoms with Gasteiger partial charge in [-0.1, -0.05) is 0 Å². The summed E-state index contributed by atoms with van der Waals surface area (Å²) in [5.74, 6) is -0.999. The van der Waals surface area contributed by atoms with E-state index in [9.17, 15) is 9.59 Å². The number of nitrogens with zero attached hydrogens (tertiary/aromatic N) is 1. The Kier molecular flexibility index (Phi) is 1.67. The van der Waals surface area contributed by atoms with Crippen molar-refractivity contribution in [3.8, 4) is 0 Å². The van der Waals surface area contributed by atoms with Crippen LogP contribution in [0.3, 0.4) is 0 Å². The van der Waals surface area contributed by atoms with Crippen LogP contribution in [0.2, 0.25) is 0 Å². The van der Waals surface area contributed by atoms with Gasteiger partial charge >= 0.3 is 5.97 Å². The molecule has 0 bridgehead atoms. The molecule has 14 heavy (non-hydrogen) atoms. The van der Waals surface area contributed by atoms with Crippen LogP contribution in [0.15, 0.2) is 23.0 Å². The van der Waals surface area contributed by atoms with Crippen LogP contribution in [-0.4, -0.2) is 20.9 Å². The molecule has 0 saturated heterocycles. The van der Waals surface area contributed by atoms with Crippen LogP contribution in [0.1, 0.15) is 10.4 Å². The number of hydrogen-bond donors (Lipinski definition) is 2. The number of rotatable bonds is 1. The maximum atomic E-state index is 11.3. The molecule has 5 heteroatoms. The second kappa shape index (κ2) is 2.73. The van der Waals surface area contributed by atoms with Crippen LogP contribution in [-0.2, 0) is 7.05 Å². The standard InChI is InChI=1S/C9H8N2O3/c1-11-7-4-5(9(13)14)2-3-6(7)8(12)10-11/h2-4H,1H3,(H,10,12)(H,13,14). The molecule has 0 spiro atoms. The van der Waals surface area contributed by atoms with Gasteiger partial charge in [-0.15, -0.1) is 0 Å². The van der Waals surface area contributed by atoms with E-state index in [-0.39, 0.29) is 11.1 Å². The average molecular weight is 192 g/mol. The SMILES string of the molecule is Cn1[nH]c(=O)c2ccc(C(=O)O)cc21. The summed E-state index contributed by atoms with van der Waals surface area (Å²) in [4.78, 5) is 21.9. The molecule has 2 aromatic rings. The van der Waals surface area contributed by atoms with E-state index < -0.39 is 5.97 Å². The van der Waals surface area contributed by atoms with E-state index in [2.05, 4.69) is 5.10 Å². The Morgan fingerprint density at radius 2 is 2.21 bits per heavy atom. The lowest BCUT2D eigenvalue weighted by Gasteiger charge is -1.96. The molecule has 0 atom stereocenters. The highest BCUT2D eigenvalue weighted by Crippen LogP contribution is 2.11. The third-order valence-electron chi connectivity index (χ3n) is 2.12. The first-order valence-electron chi connectivity index (χ1n) is 4.01. The quantitative estimate of drug-likeness (QED) is 0.693. The van der Waals surface area contributed by atoms with Crippen molar-refractivity contribution < 1.29 is 9.90 Å². The fourth-order valence-electron chi connectivity index (χ4n) is 1.41. The number of aromatic nitrogens is 2. The van der Waals surface area contributed by atoms with Crippen LogP contribution >= 0.6 is 0 Å². The van der Waals surface area contributed by atoms with Crippen LogP contribution in [0.5, 0.6) is 0 Å². The van der Waals surface area contributed by atoms with Gasteiger partial charge in [0.05, 0.1) is 16.5 Å². The van der Waals surface area contributed by atoms with Gasteiger partial charge in [0.15, 0.2) is 0 Å². The molecule has 0 saturated carbocycles. The van der Waals surface area contributed by atoms with Crippen LogP contribution in [0.25, 0.3) is 10.9 Å². The van der Waals surface area contributed by atoms with Crippen molar-refractivity contribution in [3.05, 3.63) is 34.1 Å². The van der Waals surface area contributed by atoms with E-state index in [1.54, 1.807) is 7.05 Å². The molecule has 0 amide bonds. The number of nitrogens with one attached hydrogen (secondary N) is 1. The molecule has 2 N–H and O–H groups in total. The fraction of sp³-hybridized carbons (Fsp3) is 0.111. The lowest BCUT2D eigenvalue weighted by molar-refractivity contribution is 0.0697. The summed E-state index contributed by atoms with van der Waals surface area (Å²) < 4.78 is 1.50. The van der Waals surface area contributed by atoms with Gasteiger partial charge in [0, 0.05) is 7.05 Å². The Labute approximate surface area is 78.6 Å². The summed E-state index contributed by atoms with van der Waals surface area (Å²) in [5, 5.41) is 11.8. The molecular weight excluding hydrogens is 184 g/mol. The predicted octanol–water partition coefficient (Wildman–Crippen LogP) is 0.565. The lowest BCUT2D eigenvalue weighted by atomic mass is 10.2. The van der Waals surface area contributed by atoms with Crippen molar-refractivity contribution in [2.24, 2.45) is 7.05 Å². The van der Waals surface area contributed by atoms with Gasteiger partial charge in [-0.3, -0.25) is 14.6 Å². The summed E-state index contributed by atoms with van der Waals surface area (Å²) >= 11 is 0. The Morgan fingerprint density at radius 3 is 2.86 bits per heavy atom. The normalized spacial score (nSPS) is 10.6. The first kappa shape index (κ1) is 8.55. The molecule has 5 nitrogen and oxygen atoms in total. The highest BCUT2D eigenvalue weighted by Gasteiger charge is 2.08. The predicted molar refractivity (Wildman–Crippen MR) is 50.5 cm³/mol. The number of carboxylic acids is 1. The Bertz CT molecular complexity index is 565. The minimum atomic E-state index is -0.999. The number of carbonyl (C=O) groups is 1. The molecule has 2 rings (SSSR count). The Morgan fingerprint density at radius 1 is 1.50 bits per heavy atom. The average Bonchev–Trinajstić information content (AvgIpc) is 2.42. The summed E-state index contributed by atoms with van der Waals surface area (Å²) in [6, 6.07) is 4.40. The molecule has 0 aliphatic heterocycles. The molecule has 0 fully saturated rings. The first-order chi connectivity index (χ1) is 6.59. The number of carboxylic acid groups (broad SMARTS) is 1. The molecule has 1 aromatic carbocycles. The maximum absolute atomic E-state index is 11.3. The zero-order valence-electron chi connectivity index (χ0n) is 7.44. The van der Waals surface area contributed by atoms with Gasteiger partial charge in [-0.25, -0.2) is 4.79 Å². The van der Waals surface area contributed by atoms with Crippen molar-refractivity contribution in [2.75, 3.05) is 0 Å². The first-order valence-corrected chi connectivity index (χ1v) is 4.01. The minimum absolute atomic E-state index is 0.173. The third kappa shape index (κ3) is 1.10. The second-order valence-corrected chi connectivity index (χ2v) is 3.04. The van der Waals surface area contributed by atoms with Gasteiger partial charge in [-0.05, 0) is 18.2 Å². The van der Waals surface area contributed by atoms with Gasteiger partial charge in [0.25, 0.3) is 5.56 Å². The summed E-state index contributed by atoms with van der Waals surface area (Å²) in [5.41, 5.74) is 0.557. The van der Waals surface area contributed by atoms with Crippen molar-refractivity contribution in [2.45, 2.75) is 0 Å². The number of aromatic carboxylic acids is 1. The van der Waals surface area contributed by atoms with E-state index in [0.717, 1.165) is 0 Å². The number of H-pyrrole nitrogens is 1. The van der Waals surface area contributed by atoms with Crippen LogP contribution in [0.4, 0.5) is 0 Å². The van der Waals surface area contributed by atoms with E-state index in [0.29, 0.717) is 10.9 Å². The minimum Gasteiger partial charge on any atom is -0.478 e. The summed E-state index contributed by atoms with van der Waals surface area (Å²) in [6.07, 6.45) is 0. The summed E-state index contributed by atoms with van der Waals surface area (Å²) in [6.45, 7) is 0. The maximum Gasteiger partial charge on any atom is 0.335 e. The molecule has 0 radical (unpaired) electrons. The molecular formula is C9H8N2O3. The van der Waals surface area contributed by atoms with Gasteiger partial charge < -0.3 is 5.11 Å². The Hall–Kier alpha value is -2.04. The van der Waals surface area contributed by atoms with E-state index in [1.165, 1.54) is 22.9 Å². The highest BCUT2D eigenvalue weighted by atomic mass is 16.4. The Balaban J connectivity index is 2.83. The zero-order chi connectivity index (χ0) is 10.3. The van der Waals surface area contributed by atoms with Crippen molar-refractivity contribution in [1.29, 1.82) is 0 Å². The molecule has 72 valence electrons. The fourth-order valence-corrected chi connectivity index (χ4v) is 1.41. The largest absolute Gasteiger partial charge is 0.478 e. The molecule has 0 unspecified atom stereocenters. The van der Waals surface area contributed by atoms with Gasteiger partial charge in [0.2, 0.25) is 0 Å². The molecule has 1 aromatic heterocycles. The third-order valence-corrected chi connectivity index (χ3v) is 2.12. The molecule has 0 aliphatic carbocycles. The van der Waals surface area contributed by atoms with Crippen molar-refractivity contribution in [3.63, 3.8) is 0 Å². The molecule has 0 aliphatic rings. The second-order valence-electron chi connectivity index (χ2n) is 3.04. The van der Waals surface area contributed by atoms with Crippen molar-refractivity contribution in [1.82, 2.24) is 9.78 Å². The number of benzene rings is 1.